The van der Waals surface area contributed by atoms with Gasteiger partial charge >= 0.3 is 0 Å². The maximum Gasteiger partial charge on any atom is 0.236 e. The Labute approximate surface area is 164 Å². The van der Waals surface area contributed by atoms with Gasteiger partial charge in [-0.3, -0.25) is 14.7 Å². The first kappa shape index (κ1) is 21.1. The molecule has 0 aliphatic carbocycles. The Morgan fingerprint density at radius 3 is 2.19 bits per heavy atom. The topological polar surface area (TPSA) is 45.2 Å². The molecule has 0 radical (unpaired) electrons. The van der Waals surface area contributed by atoms with Crippen molar-refractivity contribution in [3.63, 3.8) is 0 Å². The average molecular weight is 368 g/mol. The van der Waals surface area contributed by atoms with E-state index in [9.17, 15) is 4.79 Å². The van der Waals surface area contributed by atoms with Crippen molar-refractivity contribution in [1.29, 1.82) is 0 Å². The van der Waals surface area contributed by atoms with Crippen molar-refractivity contribution in [2.24, 2.45) is 0 Å². The number of hydrogen-bond donors (Lipinski definition) is 1. The molecule has 1 heterocycles. The zero-order valence-corrected chi connectivity index (χ0v) is 17.3. The molecule has 4 nitrogen and oxygen atoms in total. The molecule has 1 aromatic heterocycles. The predicted octanol–water partition coefficient (Wildman–Crippen LogP) is 4.01. The molecule has 1 aromatic carbocycles. The van der Waals surface area contributed by atoms with Gasteiger partial charge in [-0.05, 0) is 58.7 Å². The van der Waals surface area contributed by atoms with Crippen LogP contribution < -0.4 is 5.32 Å². The number of aromatic nitrogens is 1. The summed E-state index contributed by atoms with van der Waals surface area (Å²) in [5.41, 5.74) is 0.984. The summed E-state index contributed by atoms with van der Waals surface area (Å²) < 4.78 is 0. The third-order valence-electron chi connectivity index (χ3n) is 5.17. The fourth-order valence-electron chi connectivity index (χ4n) is 3.84. The molecule has 0 aliphatic heterocycles. The third kappa shape index (κ3) is 4.75. The molecule has 4 heteroatoms. The van der Waals surface area contributed by atoms with E-state index in [0.29, 0.717) is 25.0 Å². The number of carbonyl (C=O) groups is 1. The van der Waals surface area contributed by atoms with Crippen LogP contribution in [-0.2, 0) is 10.2 Å². The van der Waals surface area contributed by atoms with Gasteiger partial charge < -0.3 is 5.32 Å². The predicted molar refractivity (Wildman–Crippen MR) is 112 cm³/mol. The Balaban J connectivity index is 2.56. The lowest BCUT2D eigenvalue weighted by atomic mass is 9.73. The second kappa shape index (κ2) is 9.65. The maximum absolute atomic E-state index is 13.4. The SMILES string of the molecule is CCNC(=O)C(CCN(C(C)C)C(C)C)(c1ccccc1)c1ccccn1. The standard InChI is InChI=1S/C23H33N3O/c1-6-24-22(27)23(20-12-8-7-9-13-20,21-14-10-11-16-25-21)15-17-26(18(2)3)19(4)5/h7-14,16,18-19H,6,15,17H2,1-5H3,(H,24,27). The van der Waals surface area contributed by atoms with Crippen LogP contribution in [0.25, 0.3) is 0 Å². The Bertz CT molecular complexity index is 651. The van der Waals surface area contributed by atoms with Crippen molar-refractivity contribution in [1.82, 2.24) is 15.2 Å². The highest BCUT2D eigenvalue weighted by molar-refractivity contribution is 5.91. The summed E-state index contributed by atoms with van der Waals surface area (Å²) in [5.74, 6) is 0.0161. The van der Waals surface area contributed by atoms with Crippen LogP contribution in [0.15, 0.2) is 54.7 Å². The molecular weight excluding hydrogens is 334 g/mol. The second-order valence-electron chi connectivity index (χ2n) is 7.52. The lowest BCUT2D eigenvalue weighted by Gasteiger charge is -2.37. The van der Waals surface area contributed by atoms with E-state index in [0.717, 1.165) is 17.8 Å². The van der Waals surface area contributed by atoms with Gasteiger partial charge in [0.1, 0.15) is 5.41 Å². The number of likely N-dealkylation sites (N-methyl/N-ethyl adjacent to an activating group) is 1. The van der Waals surface area contributed by atoms with Crippen LogP contribution in [0.2, 0.25) is 0 Å². The number of rotatable bonds is 9. The first-order valence-electron chi connectivity index (χ1n) is 9.94. The summed E-state index contributed by atoms with van der Waals surface area (Å²) in [7, 11) is 0. The van der Waals surface area contributed by atoms with Gasteiger partial charge in [-0.15, -0.1) is 0 Å². The number of nitrogens with one attached hydrogen (secondary N) is 1. The fourth-order valence-corrected chi connectivity index (χ4v) is 3.84. The number of benzene rings is 1. The van der Waals surface area contributed by atoms with Crippen LogP contribution in [-0.4, -0.2) is 41.0 Å². The molecule has 146 valence electrons. The Morgan fingerprint density at radius 2 is 1.67 bits per heavy atom. The van der Waals surface area contributed by atoms with Gasteiger partial charge in [0.25, 0.3) is 0 Å². The molecule has 0 bridgehead atoms. The van der Waals surface area contributed by atoms with Gasteiger partial charge in [0.05, 0.1) is 5.69 Å². The number of nitrogens with zero attached hydrogens (tertiary/aromatic N) is 2. The molecule has 0 saturated heterocycles. The molecule has 2 rings (SSSR count). The molecule has 27 heavy (non-hydrogen) atoms. The van der Waals surface area contributed by atoms with Crippen molar-refractivity contribution in [3.05, 3.63) is 66.0 Å². The number of pyridine rings is 1. The Kier molecular flexibility index (Phi) is 7.55. The van der Waals surface area contributed by atoms with Crippen molar-refractivity contribution in [2.75, 3.05) is 13.1 Å². The minimum Gasteiger partial charge on any atom is -0.355 e. The van der Waals surface area contributed by atoms with E-state index in [1.165, 1.54) is 0 Å². The average Bonchev–Trinajstić information content (AvgIpc) is 2.66. The Hall–Kier alpha value is -2.20. The number of amides is 1. The molecule has 1 amide bonds. The summed E-state index contributed by atoms with van der Waals surface area (Å²) in [6.07, 6.45) is 2.45. The molecule has 0 saturated carbocycles. The van der Waals surface area contributed by atoms with Gasteiger partial charge in [-0.2, -0.15) is 0 Å². The van der Waals surface area contributed by atoms with E-state index in [2.05, 4.69) is 42.9 Å². The summed E-state index contributed by atoms with van der Waals surface area (Å²) in [5, 5.41) is 3.07. The van der Waals surface area contributed by atoms with Gasteiger partial charge in [-0.1, -0.05) is 36.4 Å². The minimum atomic E-state index is -0.805. The van der Waals surface area contributed by atoms with Gasteiger partial charge in [0.15, 0.2) is 0 Å². The van der Waals surface area contributed by atoms with Crippen molar-refractivity contribution in [3.8, 4) is 0 Å². The fraction of sp³-hybridized carbons (Fsp3) is 0.478. The maximum atomic E-state index is 13.4. The monoisotopic (exact) mass is 367 g/mol. The Morgan fingerprint density at radius 1 is 1.04 bits per heavy atom. The highest BCUT2D eigenvalue weighted by Crippen LogP contribution is 2.35. The van der Waals surface area contributed by atoms with Crippen molar-refractivity contribution < 1.29 is 4.79 Å². The lowest BCUT2D eigenvalue weighted by Crippen LogP contribution is -2.49. The van der Waals surface area contributed by atoms with Crippen LogP contribution in [0.1, 0.15) is 52.3 Å². The zero-order valence-electron chi connectivity index (χ0n) is 17.3. The molecule has 1 unspecified atom stereocenters. The van der Waals surface area contributed by atoms with Crippen LogP contribution in [0.3, 0.4) is 0 Å². The number of carbonyl (C=O) groups excluding carboxylic acids is 1. The van der Waals surface area contributed by atoms with Gasteiger partial charge in [-0.25, -0.2) is 0 Å². The largest absolute Gasteiger partial charge is 0.355 e. The highest BCUT2D eigenvalue weighted by atomic mass is 16.2. The first-order valence-corrected chi connectivity index (χ1v) is 9.94. The zero-order chi connectivity index (χ0) is 19.9. The lowest BCUT2D eigenvalue weighted by molar-refractivity contribution is -0.125. The summed E-state index contributed by atoms with van der Waals surface area (Å²) in [4.78, 5) is 20.5. The van der Waals surface area contributed by atoms with Crippen LogP contribution in [0.4, 0.5) is 0 Å². The third-order valence-corrected chi connectivity index (χ3v) is 5.17. The molecule has 1 atom stereocenters. The van der Waals surface area contributed by atoms with Crippen LogP contribution in [0.5, 0.6) is 0 Å². The van der Waals surface area contributed by atoms with E-state index in [1.54, 1.807) is 6.20 Å². The van der Waals surface area contributed by atoms with Gasteiger partial charge in [0.2, 0.25) is 5.91 Å². The van der Waals surface area contributed by atoms with Crippen LogP contribution >= 0.6 is 0 Å². The molecule has 1 N–H and O–H groups in total. The minimum absolute atomic E-state index is 0.0161. The van der Waals surface area contributed by atoms with E-state index >= 15 is 0 Å². The van der Waals surface area contributed by atoms with E-state index < -0.39 is 5.41 Å². The quantitative estimate of drug-likeness (QED) is 0.728. The summed E-state index contributed by atoms with van der Waals surface area (Å²) >= 11 is 0. The van der Waals surface area contributed by atoms with Gasteiger partial charge in [0, 0.05) is 31.4 Å². The van der Waals surface area contributed by atoms with E-state index in [-0.39, 0.29) is 5.91 Å². The molecule has 0 aliphatic rings. The molecule has 2 aromatic rings. The molecular formula is C23H33N3O. The second-order valence-corrected chi connectivity index (χ2v) is 7.52. The molecule has 0 fully saturated rings. The van der Waals surface area contributed by atoms with Crippen molar-refractivity contribution in [2.45, 2.75) is 58.5 Å². The van der Waals surface area contributed by atoms with Crippen LogP contribution in [0, 0.1) is 0 Å². The normalized spacial score (nSPS) is 13.8. The number of hydrogen-bond acceptors (Lipinski definition) is 3. The summed E-state index contributed by atoms with van der Waals surface area (Å²) in [6.45, 7) is 12.2. The van der Waals surface area contributed by atoms with E-state index in [4.69, 9.17) is 0 Å². The molecule has 0 spiro atoms. The first-order chi connectivity index (χ1) is 12.9. The highest BCUT2D eigenvalue weighted by Gasteiger charge is 2.43. The van der Waals surface area contributed by atoms with E-state index in [1.807, 2.05) is 55.5 Å². The summed E-state index contributed by atoms with van der Waals surface area (Å²) in [6, 6.07) is 16.7. The smallest absolute Gasteiger partial charge is 0.236 e. The van der Waals surface area contributed by atoms with Crippen molar-refractivity contribution >= 4 is 5.91 Å².